The number of hydrogen-bond acceptors (Lipinski definition) is 2. The van der Waals surface area contributed by atoms with Gasteiger partial charge in [0.1, 0.15) is 11.5 Å². The molecule has 160 valence electrons. The standard InChI is InChI=1S/C25H23F3N2O/c26-25(27,28)18-12-13-23-22(16-18)21(11-4-5-14-29)24(30-23)17-7-6-10-20(15-17)31-19-8-2-1-3-9-19/h1-3,6-10,12-13,15-16,30H,4-5,11,14,29H2. The fourth-order valence-corrected chi connectivity index (χ4v) is 3.72. The minimum absolute atomic E-state index is 0.548. The van der Waals surface area contributed by atoms with Crippen molar-refractivity contribution in [2.45, 2.75) is 25.4 Å². The van der Waals surface area contributed by atoms with Crippen molar-refractivity contribution in [3.8, 4) is 22.8 Å². The summed E-state index contributed by atoms with van der Waals surface area (Å²) in [6, 6.07) is 20.8. The Bertz CT molecular complexity index is 1170. The minimum Gasteiger partial charge on any atom is -0.457 e. The van der Waals surface area contributed by atoms with Crippen LogP contribution in [0, 0.1) is 0 Å². The monoisotopic (exact) mass is 424 g/mol. The first-order valence-electron chi connectivity index (χ1n) is 10.2. The number of halogens is 3. The van der Waals surface area contributed by atoms with Crippen LogP contribution in [-0.2, 0) is 12.6 Å². The molecule has 0 aliphatic heterocycles. The Hall–Kier alpha value is -3.25. The first-order valence-corrected chi connectivity index (χ1v) is 10.2. The molecule has 0 saturated carbocycles. The molecule has 1 aromatic heterocycles. The molecule has 0 bridgehead atoms. The van der Waals surface area contributed by atoms with Crippen LogP contribution >= 0.6 is 0 Å². The Labute approximate surface area is 178 Å². The van der Waals surface area contributed by atoms with Crippen molar-refractivity contribution in [1.29, 1.82) is 0 Å². The van der Waals surface area contributed by atoms with Crippen molar-refractivity contribution >= 4 is 10.9 Å². The number of fused-ring (bicyclic) bond motifs is 1. The molecule has 0 aliphatic rings. The molecule has 3 nitrogen and oxygen atoms in total. The number of alkyl halides is 3. The number of rotatable bonds is 7. The molecule has 4 aromatic rings. The van der Waals surface area contributed by atoms with Crippen LogP contribution in [0.4, 0.5) is 13.2 Å². The van der Waals surface area contributed by atoms with Gasteiger partial charge in [0.2, 0.25) is 0 Å². The third-order valence-electron chi connectivity index (χ3n) is 5.22. The second-order valence-corrected chi connectivity index (χ2v) is 7.43. The number of aryl methyl sites for hydroxylation is 1. The number of nitrogens with two attached hydrogens (primary N) is 1. The lowest BCUT2D eigenvalue weighted by Crippen LogP contribution is -2.04. The molecule has 0 saturated heterocycles. The number of nitrogens with one attached hydrogen (secondary N) is 1. The highest BCUT2D eigenvalue weighted by Crippen LogP contribution is 2.37. The maximum atomic E-state index is 13.3. The number of unbranched alkanes of at least 4 members (excludes halogenated alkanes) is 1. The molecule has 0 spiro atoms. The third kappa shape index (κ3) is 4.75. The number of hydrogen-bond donors (Lipinski definition) is 2. The molecule has 0 fully saturated rings. The molecule has 3 N–H and O–H groups in total. The van der Waals surface area contributed by atoms with Gasteiger partial charge < -0.3 is 15.5 Å². The molecular formula is C25H23F3N2O. The summed E-state index contributed by atoms with van der Waals surface area (Å²) in [4.78, 5) is 3.32. The number of aromatic nitrogens is 1. The first-order chi connectivity index (χ1) is 15.0. The topological polar surface area (TPSA) is 51.0 Å². The second-order valence-electron chi connectivity index (χ2n) is 7.43. The Morgan fingerprint density at radius 1 is 0.839 bits per heavy atom. The van der Waals surface area contributed by atoms with Crippen molar-refractivity contribution in [3.05, 3.63) is 83.9 Å². The van der Waals surface area contributed by atoms with E-state index in [1.54, 1.807) is 0 Å². The zero-order chi connectivity index (χ0) is 21.8. The highest BCUT2D eigenvalue weighted by molar-refractivity contribution is 5.91. The van der Waals surface area contributed by atoms with Crippen LogP contribution in [-0.4, -0.2) is 11.5 Å². The summed E-state index contributed by atoms with van der Waals surface area (Å²) >= 11 is 0. The smallest absolute Gasteiger partial charge is 0.416 e. The number of para-hydroxylation sites is 1. The zero-order valence-electron chi connectivity index (χ0n) is 16.9. The fourth-order valence-electron chi connectivity index (χ4n) is 3.72. The lowest BCUT2D eigenvalue weighted by Gasteiger charge is -2.10. The number of H-pyrrole nitrogens is 1. The average molecular weight is 424 g/mol. The number of benzene rings is 3. The van der Waals surface area contributed by atoms with E-state index in [0.717, 1.165) is 35.7 Å². The van der Waals surface area contributed by atoms with Gasteiger partial charge in [0.15, 0.2) is 0 Å². The Morgan fingerprint density at radius 3 is 2.35 bits per heavy atom. The van der Waals surface area contributed by atoms with Crippen molar-refractivity contribution in [3.63, 3.8) is 0 Å². The minimum atomic E-state index is -4.39. The summed E-state index contributed by atoms with van der Waals surface area (Å²) < 4.78 is 45.8. The lowest BCUT2D eigenvalue weighted by molar-refractivity contribution is -0.137. The van der Waals surface area contributed by atoms with Crippen molar-refractivity contribution in [1.82, 2.24) is 4.98 Å². The van der Waals surface area contributed by atoms with Gasteiger partial charge in [-0.05, 0) is 73.8 Å². The predicted octanol–water partition coefficient (Wildman–Crippen LogP) is 6.93. The third-order valence-corrected chi connectivity index (χ3v) is 5.22. The second kappa shape index (κ2) is 8.86. The van der Waals surface area contributed by atoms with Crippen molar-refractivity contribution in [2.75, 3.05) is 6.54 Å². The van der Waals surface area contributed by atoms with Gasteiger partial charge in [-0.3, -0.25) is 0 Å². The lowest BCUT2D eigenvalue weighted by atomic mass is 9.99. The summed E-state index contributed by atoms with van der Waals surface area (Å²) in [5.41, 5.74) is 8.20. The first kappa shape index (κ1) is 21.0. The molecule has 6 heteroatoms. The Balaban J connectivity index is 1.77. The van der Waals surface area contributed by atoms with Gasteiger partial charge in [0.25, 0.3) is 0 Å². The molecule has 1 heterocycles. The molecule has 0 atom stereocenters. The van der Waals surface area contributed by atoms with E-state index >= 15 is 0 Å². The van der Waals surface area contributed by atoms with Gasteiger partial charge in [-0.1, -0.05) is 30.3 Å². The normalized spacial score (nSPS) is 11.7. The van der Waals surface area contributed by atoms with Crippen LogP contribution in [0.3, 0.4) is 0 Å². The fraction of sp³-hybridized carbons (Fsp3) is 0.200. The van der Waals surface area contributed by atoms with Gasteiger partial charge in [-0.2, -0.15) is 13.2 Å². The van der Waals surface area contributed by atoms with E-state index in [1.807, 2.05) is 54.6 Å². The quantitative estimate of drug-likeness (QED) is 0.316. The van der Waals surface area contributed by atoms with Crippen LogP contribution in [0.15, 0.2) is 72.8 Å². The van der Waals surface area contributed by atoms with Gasteiger partial charge in [-0.15, -0.1) is 0 Å². The van der Waals surface area contributed by atoms with Crippen LogP contribution < -0.4 is 10.5 Å². The Kier molecular flexibility index (Phi) is 6.00. The summed E-state index contributed by atoms with van der Waals surface area (Å²) in [6.45, 7) is 0.548. The van der Waals surface area contributed by atoms with E-state index < -0.39 is 11.7 Å². The molecule has 0 radical (unpaired) electrons. The van der Waals surface area contributed by atoms with E-state index in [0.29, 0.717) is 35.4 Å². The summed E-state index contributed by atoms with van der Waals surface area (Å²) in [5, 5.41) is 0.594. The van der Waals surface area contributed by atoms with Crippen LogP contribution in [0.5, 0.6) is 11.5 Å². The van der Waals surface area contributed by atoms with Gasteiger partial charge in [0, 0.05) is 22.2 Å². The van der Waals surface area contributed by atoms with E-state index in [2.05, 4.69) is 4.98 Å². The van der Waals surface area contributed by atoms with Crippen molar-refractivity contribution in [2.24, 2.45) is 5.73 Å². The van der Waals surface area contributed by atoms with E-state index in [9.17, 15) is 13.2 Å². The molecular weight excluding hydrogens is 401 g/mol. The molecule has 3 aromatic carbocycles. The predicted molar refractivity (Wildman–Crippen MR) is 117 cm³/mol. The molecule has 31 heavy (non-hydrogen) atoms. The summed E-state index contributed by atoms with van der Waals surface area (Å²) in [7, 11) is 0. The highest BCUT2D eigenvalue weighted by Gasteiger charge is 2.31. The summed E-state index contributed by atoms with van der Waals surface area (Å²) in [5.74, 6) is 1.38. The highest BCUT2D eigenvalue weighted by atomic mass is 19.4. The van der Waals surface area contributed by atoms with Crippen LogP contribution in [0.2, 0.25) is 0 Å². The maximum Gasteiger partial charge on any atom is 0.416 e. The van der Waals surface area contributed by atoms with Crippen molar-refractivity contribution < 1.29 is 17.9 Å². The molecule has 0 unspecified atom stereocenters. The Morgan fingerprint density at radius 2 is 1.61 bits per heavy atom. The van der Waals surface area contributed by atoms with E-state index in [-0.39, 0.29) is 0 Å². The average Bonchev–Trinajstić information content (AvgIpc) is 3.12. The van der Waals surface area contributed by atoms with E-state index in [1.165, 1.54) is 12.1 Å². The van der Waals surface area contributed by atoms with Gasteiger partial charge in [-0.25, -0.2) is 0 Å². The largest absolute Gasteiger partial charge is 0.457 e. The number of aromatic amines is 1. The van der Waals surface area contributed by atoms with E-state index in [4.69, 9.17) is 10.5 Å². The molecule has 0 aliphatic carbocycles. The number of ether oxygens (including phenoxy) is 1. The zero-order valence-corrected chi connectivity index (χ0v) is 16.9. The van der Waals surface area contributed by atoms with Gasteiger partial charge >= 0.3 is 6.18 Å². The molecule has 4 rings (SSSR count). The SMILES string of the molecule is NCCCCc1c(-c2cccc(Oc3ccccc3)c2)[nH]c2ccc(C(F)(F)F)cc12. The van der Waals surface area contributed by atoms with Crippen LogP contribution in [0.1, 0.15) is 24.0 Å². The van der Waals surface area contributed by atoms with Gasteiger partial charge in [0.05, 0.1) is 5.56 Å². The maximum absolute atomic E-state index is 13.3. The molecule has 0 amide bonds. The summed E-state index contributed by atoms with van der Waals surface area (Å²) in [6.07, 6.45) is -2.14. The van der Waals surface area contributed by atoms with Crippen LogP contribution in [0.25, 0.3) is 22.2 Å².